The molecule has 0 aromatic rings. The minimum absolute atomic E-state index is 0.0462. The van der Waals surface area contributed by atoms with E-state index in [9.17, 15) is 9.18 Å². The molecule has 0 saturated carbocycles. The van der Waals surface area contributed by atoms with Gasteiger partial charge in [0.05, 0.1) is 6.04 Å². The number of halogens is 1. The number of piperidine rings is 1. The number of fused-ring (bicyclic) bond motifs is 1. The standard InChI is InChI=1S/C9H10FNO/c10-7-3-1-2-6-4-5-8(12)11-9(6)7/h1-3,6,9H,4-5H2,(H,11,12). The highest BCUT2D eigenvalue weighted by molar-refractivity contribution is 5.77. The Morgan fingerprint density at radius 3 is 3.25 bits per heavy atom. The fourth-order valence-electron chi connectivity index (χ4n) is 1.69. The molecule has 0 aromatic heterocycles. The van der Waals surface area contributed by atoms with Gasteiger partial charge in [0.2, 0.25) is 5.91 Å². The van der Waals surface area contributed by atoms with Gasteiger partial charge in [0.25, 0.3) is 0 Å². The number of allylic oxidation sites excluding steroid dienone is 2. The molecule has 1 fully saturated rings. The minimum Gasteiger partial charge on any atom is -0.346 e. The lowest BCUT2D eigenvalue weighted by atomic mass is 9.87. The highest BCUT2D eigenvalue weighted by Gasteiger charge is 2.31. The van der Waals surface area contributed by atoms with Crippen molar-refractivity contribution in [3.63, 3.8) is 0 Å². The zero-order chi connectivity index (χ0) is 8.55. The van der Waals surface area contributed by atoms with E-state index in [4.69, 9.17) is 0 Å². The first-order valence-corrected chi connectivity index (χ1v) is 4.10. The van der Waals surface area contributed by atoms with Crippen molar-refractivity contribution in [3.8, 4) is 0 Å². The third-order valence-electron chi connectivity index (χ3n) is 2.36. The average molecular weight is 167 g/mol. The van der Waals surface area contributed by atoms with E-state index in [0.717, 1.165) is 6.42 Å². The van der Waals surface area contributed by atoms with Crippen molar-refractivity contribution in [2.75, 3.05) is 0 Å². The molecular weight excluding hydrogens is 157 g/mol. The summed E-state index contributed by atoms with van der Waals surface area (Å²) in [5.74, 6) is -0.113. The van der Waals surface area contributed by atoms with Gasteiger partial charge in [0.15, 0.2) is 0 Å². The maximum atomic E-state index is 13.1. The Hall–Kier alpha value is -1.12. The largest absolute Gasteiger partial charge is 0.346 e. The van der Waals surface area contributed by atoms with Crippen LogP contribution in [0.2, 0.25) is 0 Å². The SMILES string of the molecule is O=C1CCC2C=CC=C(F)C2N1. The van der Waals surface area contributed by atoms with E-state index in [1.54, 1.807) is 6.08 Å². The van der Waals surface area contributed by atoms with Crippen LogP contribution >= 0.6 is 0 Å². The molecule has 1 aliphatic heterocycles. The molecule has 2 rings (SSSR count). The molecule has 2 aliphatic rings. The van der Waals surface area contributed by atoms with Crippen LogP contribution in [-0.4, -0.2) is 11.9 Å². The fourth-order valence-corrected chi connectivity index (χ4v) is 1.69. The summed E-state index contributed by atoms with van der Waals surface area (Å²) >= 11 is 0. The molecule has 12 heavy (non-hydrogen) atoms. The van der Waals surface area contributed by atoms with Gasteiger partial charge in [-0.1, -0.05) is 12.2 Å². The summed E-state index contributed by atoms with van der Waals surface area (Å²) in [6.07, 6.45) is 6.35. The van der Waals surface area contributed by atoms with Crippen LogP contribution < -0.4 is 5.32 Å². The van der Waals surface area contributed by atoms with Crippen LogP contribution in [0.5, 0.6) is 0 Å². The Kier molecular flexibility index (Phi) is 1.71. The lowest BCUT2D eigenvalue weighted by Crippen LogP contribution is -2.45. The number of hydrogen-bond acceptors (Lipinski definition) is 1. The zero-order valence-electron chi connectivity index (χ0n) is 6.59. The summed E-state index contributed by atoms with van der Waals surface area (Å²) in [5.41, 5.74) is 0. The Morgan fingerprint density at radius 2 is 2.42 bits per heavy atom. The first-order chi connectivity index (χ1) is 5.77. The summed E-state index contributed by atoms with van der Waals surface area (Å²) in [4.78, 5) is 10.9. The number of hydrogen-bond donors (Lipinski definition) is 1. The van der Waals surface area contributed by atoms with Crippen molar-refractivity contribution in [1.82, 2.24) is 5.32 Å². The molecule has 1 heterocycles. The van der Waals surface area contributed by atoms with Crippen molar-refractivity contribution < 1.29 is 9.18 Å². The molecule has 64 valence electrons. The van der Waals surface area contributed by atoms with Gasteiger partial charge in [0.1, 0.15) is 5.83 Å². The summed E-state index contributed by atoms with van der Waals surface area (Å²) in [6, 6.07) is -0.392. The van der Waals surface area contributed by atoms with Crippen LogP contribution in [0.1, 0.15) is 12.8 Å². The Balaban J connectivity index is 2.19. The van der Waals surface area contributed by atoms with Crippen LogP contribution in [0.3, 0.4) is 0 Å². The monoisotopic (exact) mass is 167 g/mol. The van der Waals surface area contributed by atoms with Crippen LogP contribution in [0.15, 0.2) is 24.1 Å². The molecule has 0 bridgehead atoms. The summed E-state index contributed by atoms with van der Waals surface area (Å²) in [5, 5.41) is 2.63. The van der Waals surface area contributed by atoms with E-state index in [0.29, 0.717) is 6.42 Å². The van der Waals surface area contributed by atoms with Gasteiger partial charge in [-0.25, -0.2) is 4.39 Å². The van der Waals surface area contributed by atoms with Gasteiger partial charge >= 0.3 is 0 Å². The third-order valence-corrected chi connectivity index (χ3v) is 2.36. The average Bonchev–Trinajstić information content (AvgIpc) is 2.07. The Morgan fingerprint density at radius 1 is 1.58 bits per heavy atom. The van der Waals surface area contributed by atoms with Gasteiger partial charge in [-0.3, -0.25) is 4.79 Å². The van der Waals surface area contributed by atoms with Crippen molar-refractivity contribution >= 4 is 5.91 Å². The summed E-state index contributed by atoms with van der Waals surface area (Å²) in [6.45, 7) is 0. The predicted molar refractivity (Wildman–Crippen MR) is 43.0 cm³/mol. The van der Waals surface area contributed by atoms with E-state index in [2.05, 4.69) is 5.32 Å². The Bertz CT molecular complexity index is 270. The van der Waals surface area contributed by atoms with Crippen LogP contribution in [0.4, 0.5) is 4.39 Å². The minimum atomic E-state index is -0.392. The second-order valence-electron chi connectivity index (χ2n) is 3.18. The van der Waals surface area contributed by atoms with Crippen LogP contribution in [0.25, 0.3) is 0 Å². The van der Waals surface area contributed by atoms with Gasteiger partial charge in [-0.2, -0.15) is 0 Å². The quantitative estimate of drug-likeness (QED) is 0.579. The van der Waals surface area contributed by atoms with Crippen LogP contribution in [-0.2, 0) is 4.79 Å². The first-order valence-electron chi connectivity index (χ1n) is 4.10. The normalized spacial score (nSPS) is 33.8. The van der Waals surface area contributed by atoms with E-state index in [-0.39, 0.29) is 17.7 Å². The topological polar surface area (TPSA) is 29.1 Å². The lowest BCUT2D eigenvalue weighted by molar-refractivity contribution is -0.123. The smallest absolute Gasteiger partial charge is 0.220 e. The third kappa shape index (κ3) is 1.15. The highest BCUT2D eigenvalue weighted by atomic mass is 19.1. The zero-order valence-corrected chi connectivity index (χ0v) is 6.59. The maximum absolute atomic E-state index is 13.1. The predicted octanol–water partition coefficient (Wildman–Crippen LogP) is 1.30. The van der Waals surface area contributed by atoms with E-state index in [1.165, 1.54) is 6.08 Å². The summed E-state index contributed by atoms with van der Waals surface area (Å²) < 4.78 is 13.1. The molecule has 3 heteroatoms. The van der Waals surface area contributed by atoms with E-state index >= 15 is 0 Å². The number of nitrogens with one attached hydrogen (secondary N) is 1. The molecule has 0 radical (unpaired) electrons. The molecule has 1 aliphatic carbocycles. The molecule has 1 N–H and O–H groups in total. The van der Waals surface area contributed by atoms with Gasteiger partial charge in [-0.15, -0.1) is 0 Å². The number of carbonyl (C=O) groups excluding carboxylic acids is 1. The molecule has 1 amide bonds. The summed E-state index contributed by atoms with van der Waals surface area (Å²) in [7, 11) is 0. The molecule has 0 spiro atoms. The molecule has 1 saturated heterocycles. The van der Waals surface area contributed by atoms with Crippen molar-refractivity contribution in [3.05, 3.63) is 24.1 Å². The molecule has 2 nitrogen and oxygen atoms in total. The maximum Gasteiger partial charge on any atom is 0.220 e. The van der Waals surface area contributed by atoms with Crippen LogP contribution in [0, 0.1) is 5.92 Å². The second kappa shape index (κ2) is 2.73. The second-order valence-corrected chi connectivity index (χ2v) is 3.18. The number of amides is 1. The van der Waals surface area contributed by atoms with Crippen molar-refractivity contribution in [1.29, 1.82) is 0 Å². The van der Waals surface area contributed by atoms with E-state index in [1.807, 2.05) is 6.08 Å². The van der Waals surface area contributed by atoms with Gasteiger partial charge < -0.3 is 5.32 Å². The number of rotatable bonds is 0. The van der Waals surface area contributed by atoms with Crippen molar-refractivity contribution in [2.24, 2.45) is 5.92 Å². The molecule has 2 unspecified atom stereocenters. The Labute approximate surface area is 70.1 Å². The number of carbonyl (C=O) groups is 1. The highest BCUT2D eigenvalue weighted by Crippen LogP contribution is 2.27. The molecular formula is C9H10FNO. The van der Waals surface area contributed by atoms with Gasteiger partial charge in [0, 0.05) is 12.3 Å². The van der Waals surface area contributed by atoms with Gasteiger partial charge in [-0.05, 0) is 12.5 Å². The van der Waals surface area contributed by atoms with Crippen molar-refractivity contribution in [2.45, 2.75) is 18.9 Å². The molecule has 0 aromatic carbocycles. The fraction of sp³-hybridized carbons (Fsp3) is 0.444. The lowest BCUT2D eigenvalue weighted by Gasteiger charge is -2.30. The first kappa shape index (κ1) is 7.53. The van der Waals surface area contributed by atoms with E-state index < -0.39 is 6.04 Å². The molecule has 2 atom stereocenters.